The van der Waals surface area contributed by atoms with Crippen LogP contribution in [0.4, 0.5) is 0 Å². The van der Waals surface area contributed by atoms with Gasteiger partial charge in [-0.3, -0.25) is 0 Å². The fourth-order valence-corrected chi connectivity index (χ4v) is 2.43. The summed E-state index contributed by atoms with van der Waals surface area (Å²) in [6.45, 7) is 5.92. The van der Waals surface area contributed by atoms with E-state index in [2.05, 4.69) is 81.4 Å². The summed E-state index contributed by atoms with van der Waals surface area (Å²) in [5, 5.41) is 0. The molecule has 2 aromatic carbocycles. The first-order valence-corrected chi connectivity index (χ1v) is 7.46. The van der Waals surface area contributed by atoms with Crippen LogP contribution in [0.2, 0.25) is 0 Å². The van der Waals surface area contributed by atoms with Gasteiger partial charge in [0.25, 0.3) is 0 Å². The highest BCUT2D eigenvalue weighted by Gasteiger charge is 2.16. The molecule has 0 N–H and O–H groups in total. The summed E-state index contributed by atoms with van der Waals surface area (Å²) in [6.07, 6.45) is 0.00560. The van der Waals surface area contributed by atoms with E-state index >= 15 is 0 Å². The lowest BCUT2D eigenvalue weighted by molar-refractivity contribution is 0.0683. The van der Waals surface area contributed by atoms with Gasteiger partial charge in [0.1, 0.15) is 6.10 Å². The van der Waals surface area contributed by atoms with E-state index in [0.29, 0.717) is 0 Å². The zero-order valence-electron chi connectivity index (χ0n) is 13.9. The molecule has 0 saturated heterocycles. The fraction of sp³-hybridized carbons (Fsp3) is 0.368. The second-order valence-electron chi connectivity index (χ2n) is 5.82. The monoisotopic (exact) mass is 319 g/mol. The Balaban J connectivity index is 0.00000242. The maximum Gasteiger partial charge on any atom is 0.108 e. The Hall–Kier alpha value is -1.35. The third kappa shape index (κ3) is 5.13. The van der Waals surface area contributed by atoms with Gasteiger partial charge in [0.15, 0.2) is 0 Å². The van der Waals surface area contributed by atoms with Gasteiger partial charge in [-0.1, -0.05) is 54.1 Å². The molecule has 0 amide bonds. The Morgan fingerprint density at radius 1 is 1.00 bits per heavy atom. The summed E-state index contributed by atoms with van der Waals surface area (Å²) >= 11 is 0. The Morgan fingerprint density at radius 2 is 1.73 bits per heavy atom. The second-order valence-corrected chi connectivity index (χ2v) is 5.82. The van der Waals surface area contributed by atoms with Crippen molar-refractivity contribution < 1.29 is 4.74 Å². The Morgan fingerprint density at radius 3 is 2.36 bits per heavy atom. The predicted molar refractivity (Wildman–Crippen MR) is 96.0 cm³/mol. The van der Waals surface area contributed by atoms with Crippen molar-refractivity contribution >= 4 is 12.4 Å². The highest BCUT2D eigenvalue weighted by atomic mass is 35.5. The molecule has 0 aliphatic carbocycles. The van der Waals surface area contributed by atoms with E-state index in [4.69, 9.17) is 4.74 Å². The summed E-state index contributed by atoms with van der Waals surface area (Å²) in [7, 11) is 4.14. The van der Waals surface area contributed by atoms with Gasteiger partial charge < -0.3 is 9.64 Å². The van der Waals surface area contributed by atoms with Crippen LogP contribution < -0.4 is 0 Å². The maximum absolute atomic E-state index is 6.22. The largest absolute Gasteiger partial charge is 0.367 e. The van der Waals surface area contributed by atoms with Crippen LogP contribution in [-0.2, 0) is 4.74 Å². The van der Waals surface area contributed by atoms with Crippen molar-refractivity contribution in [2.45, 2.75) is 20.0 Å². The molecule has 1 unspecified atom stereocenters. The second kappa shape index (κ2) is 8.94. The average molecular weight is 320 g/mol. The number of ether oxygens (including phenoxy) is 1. The van der Waals surface area contributed by atoms with Crippen LogP contribution in [0.5, 0.6) is 0 Å². The highest BCUT2D eigenvalue weighted by Crippen LogP contribution is 2.28. The van der Waals surface area contributed by atoms with Crippen LogP contribution in [0.3, 0.4) is 0 Å². The number of halogens is 1. The quantitative estimate of drug-likeness (QED) is 0.783. The summed E-state index contributed by atoms with van der Waals surface area (Å²) in [5.74, 6) is 0. The average Bonchev–Trinajstić information content (AvgIpc) is 2.44. The third-order valence-electron chi connectivity index (χ3n) is 3.64. The van der Waals surface area contributed by atoms with Crippen molar-refractivity contribution in [2.24, 2.45) is 0 Å². The summed E-state index contributed by atoms with van der Waals surface area (Å²) in [5.41, 5.74) is 5.01. The van der Waals surface area contributed by atoms with Gasteiger partial charge in [0.2, 0.25) is 0 Å². The third-order valence-corrected chi connectivity index (χ3v) is 3.64. The zero-order chi connectivity index (χ0) is 15.2. The summed E-state index contributed by atoms with van der Waals surface area (Å²) in [4.78, 5) is 2.14. The van der Waals surface area contributed by atoms with E-state index in [1.807, 2.05) is 0 Å². The molecule has 2 nitrogen and oxygen atoms in total. The SMILES string of the molecule is Cc1cccc(C(OCCN(C)C)c2ccccc2C)c1.Cl. The van der Waals surface area contributed by atoms with E-state index in [0.717, 1.165) is 13.2 Å². The molecule has 0 bridgehead atoms. The van der Waals surface area contributed by atoms with Crippen molar-refractivity contribution in [1.82, 2.24) is 4.90 Å². The van der Waals surface area contributed by atoms with E-state index in [-0.39, 0.29) is 18.5 Å². The molecule has 2 rings (SSSR count). The van der Waals surface area contributed by atoms with Gasteiger partial charge in [-0.05, 0) is 44.6 Å². The minimum absolute atomic E-state index is 0. The first-order valence-electron chi connectivity index (χ1n) is 7.46. The summed E-state index contributed by atoms with van der Waals surface area (Å²) < 4.78 is 6.22. The first-order chi connectivity index (χ1) is 10.1. The van der Waals surface area contributed by atoms with Crippen molar-refractivity contribution in [2.75, 3.05) is 27.2 Å². The molecule has 0 saturated carbocycles. The lowest BCUT2D eigenvalue weighted by Crippen LogP contribution is -2.20. The molecule has 0 fully saturated rings. The van der Waals surface area contributed by atoms with Crippen LogP contribution in [0, 0.1) is 13.8 Å². The molecule has 0 aromatic heterocycles. The van der Waals surface area contributed by atoms with Crippen LogP contribution in [-0.4, -0.2) is 32.1 Å². The normalized spacial score (nSPS) is 12.0. The molecule has 0 heterocycles. The molecule has 0 radical (unpaired) electrons. The molecular weight excluding hydrogens is 294 g/mol. The van der Waals surface area contributed by atoms with Crippen molar-refractivity contribution in [3.05, 3.63) is 70.8 Å². The topological polar surface area (TPSA) is 12.5 Å². The molecule has 1 atom stereocenters. The van der Waals surface area contributed by atoms with Crippen LogP contribution in [0.1, 0.15) is 28.4 Å². The van der Waals surface area contributed by atoms with Crippen molar-refractivity contribution in [3.63, 3.8) is 0 Å². The Kier molecular flexibility index (Phi) is 7.60. The van der Waals surface area contributed by atoms with Gasteiger partial charge in [-0.15, -0.1) is 12.4 Å². The van der Waals surface area contributed by atoms with E-state index in [1.54, 1.807) is 0 Å². The smallest absolute Gasteiger partial charge is 0.108 e. The van der Waals surface area contributed by atoms with Gasteiger partial charge in [-0.25, -0.2) is 0 Å². The minimum Gasteiger partial charge on any atom is -0.367 e. The number of nitrogens with zero attached hydrogens (tertiary/aromatic N) is 1. The fourth-order valence-electron chi connectivity index (χ4n) is 2.43. The molecule has 120 valence electrons. The number of rotatable bonds is 6. The lowest BCUT2D eigenvalue weighted by atomic mass is 9.96. The molecule has 22 heavy (non-hydrogen) atoms. The minimum atomic E-state index is 0. The lowest BCUT2D eigenvalue weighted by Gasteiger charge is -2.22. The molecule has 0 aliphatic heterocycles. The van der Waals surface area contributed by atoms with Crippen LogP contribution in [0.25, 0.3) is 0 Å². The van der Waals surface area contributed by atoms with Gasteiger partial charge >= 0.3 is 0 Å². The molecule has 2 aromatic rings. The number of likely N-dealkylation sites (N-methyl/N-ethyl adjacent to an activating group) is 1. The molecular formula is C19H26ClNO. The van der Waals surface area contributed by atoms with Crippen LogP contribution in [0.15, 0.2) is 48.5 Å². The van der Waals surface area contributed by atoms with Gasteiger partial charge in [0.05, 0.1) is 6.61 Å². The van der Waals surface area contributed by atoms with Gasteiger partial charge in [-0.2, -0.15) is 0 Å². The molecule has 0 spiro atoms. The van der Waals surface area contributed by atoms with Crippen molar-refractivity contribution in [3.8, 4) is 0 Å². The molecule has 0 aliphatic rings. The maximum atomic E-state index is 6.22. The number of hydrogen-bond donors (Lipinski definition) is 0. The highest BCUT2D eigenvalue weighted by molar-refractivity contribution is 5.85. The zero-order valence-corrected chi connectivity index (χ0v) is 14.7. The van der Waals surface area contributed by atoms with Gasteiger partial charge in [0, 0.05) is 6.54 Å². The van der Waals surface area contributed by atoms with E-state index in [9.17, 15) is 0 Å². The number of aryl methyl sites for hydroxylation is 2. The summed E-state index contributed by atoms with van der Waals surface area (Å²) in [6, 6.07) is 17.1. The standard InChI is InChI=1S/C19H25NO.ClH/c1-15-8-7-10-17(14-15)19(21-13-12-20(3)4)18-11-6-5-9-16(18)2;/h5-11,14,19H,12-13H2,1-4H3;1H. The van der Waals surface area contributed by atoms with E-state index in [1.165, 1.54) is 22.3 Å². The number of hydrogen-bond acceptors (Lipinski definition) is 2. The Bertz CT molecular complexity index is 583. The number of benzene rings is 2. The van der Waals surface area contributed by atoms with Crippen molar-refractivity contribution in [1.29, 1.82) is 0 Å². The van der Waals surface area contributed by atoms with Crippen LogP contribution >= 0.6 is 12.4 Å². The first kappa shape index (κ1) is 18.7. The molecule has 3 heteroatoms. The predicted octanol–water partition coefficient (Wildman–Crippen LogP) is 4.39. The van der Waals surface area contributed by atoms with E-state index < -0.39 is 0 Å². The Labute approximate surface area is 140 Å².